The lowest BCUT2D eigenvalue weighted by Gasteiger charge is -2.35. The van der Waals surface area contributed by atoms with Crippen LogP contribution in [0.2, 0.25) is 0 Å². The lowest BCUT2D eigenvalue weighted by atomic mass is 10.1. The van der Waals surface area contributed by atoms with Gasteiger partial charge in [-0.25, -0.2) is 14.7 Å². The molecule has 4 rings (SSSR count). The second-order valence-electron chi connectivity index (χ2n) is 6.38. The van der Waals surface area contributed by atoms with E-state index in [0.29, 0.717) is 19.0 Å². The van der Waals surface area contributed by atoms with E-state index in [1.165, 1.54) is 18.7 Å². The fourth-order valence-electron chi connectivity index (χ4n) is 3.30. The Hall–Kier alpha value is -3.00. The van der Waals surface area contributed by atoms with Gasteiger partial charge >= 0.3 is 0 Å². The zero-order valence-corrected chi connectivity index (χ0v) is 16.2. The van der Waals surface area contributed by atoms with Crippen LogP contribution < -0.4 is 9.91 Å². The van der Waals surface area contributed by atoms with E-state index >= 15 is 0 Å². The quantitative estimate of drug-likeness (QED) is 0.684. The number of hydrogen-bond acceptors (Lipinski definition) is 5. The smallest absolute Gasteiger partial charge is 0.238 e. The number of aromatic nitrogens is 3. The SMILES string of the molecule is CC(=O)N1CCN(C(C)=O)n2c1nc(-c1ccc(C)s1)c2-c1ccncc1. The third-order valence-corrected chi connectivity index (χ3v) is 5.53. The van der Waals surface area contributed by atoms with Gasteiger partial charge in [0.2, 0.25) is 17.8 Å². The van der Waals surface area contributed by atoms with Gasteiger partial charge in [-0.3, -0.25) is 19.5 Å². The molecule has 2 amide bonds. The van der Waals surface area contributed by atoms with E-state index in [1.807, 2.05) is 31.2 Å². The van der Waals surface area contributed by atoms with Crippen molar-refractivity contribution in [2.24, 2.45) is 0 Å². The number of hydrogen-bond donors (Lipinski definition) is 0. The summed E-state index contributed by atoms with van der Waals surface area (Å²) in [5, 5.41) is 1.64. The largest absolute Gasteiger partial charge is 0.279 e. The molecule has 7 nitrogen and oxygen atoms in total. The summed E-state index contributed by atoms with van der Waals surface area (Å²) < 4.78 is 1.77. The number of pyridine rings is 1. The first-order valence-electron chi connectivity index (χ1n) is 8.64. The van der Waals surface area contributed by atoms with Crippen molar-refractivity contribution in [2.45, 2.75) is 20.8 Å². The first kappa shape index (κ1) is 17.4. The molecule has 0 atom stereocenters. The van der Waals surface area contributed by atoms with E-state index in [4.69, 9.17) is 4.98 Å². The van der Waals surface area contributed by atoms with E-state index in [1.54, 1.807) is 38.3 Å². The Morgan fingerprint density at radius 2 is 1.78 bits per heavy atom. The monoisotopic (exact) mass is 381 g/mol. The van der Waals surface area contributed by atoms with Crippen LogP contribution in [-0.4, -0.2) is 39.5 Å². The van der Waals surface area contributed by atoms with Crippen molar-refractivity contribution in [3.05, 3.63) is 41.5 Å². The number of nitrogens with zero attached hydrogens (tertiary/aromatic N) is 5. The highest BCUT2D eigenvalue weighted by atomic mass is 32.1. The third kappa shape index (κ3) is 2.91. The highest BCUT2D eigenvalue weighted by Crippen LogP contribution is 2.39. The molecule has 0 aromatic carbocycles. The van der Waals surface area contributed by atoms with Crippen LogP contribution in [0.5, 0.6) is 0 Å². The minimum Gasteiger partial charge on any atom is -0.279 e. The van der Waals surface area contributed by atoms with Crippen LogP contribution in [0.15, 0.2) is 36.7 Å². The number of thiophene rings is 1. The molecule has 0 bridgehead atoms. The van der Waals surface area contributed by atoms with Gasteiger partial charge in [-0.2, -0.15) is 0 Å². The highest BCUT2D eigenvalue weighted by molar-refractivity contribution is 7.15. The number of carbonyl (C=O) groups is 2. The van der Waals surface area contributed by atoms with Gasteiger partial charge in [-0.1, -0.05) is 0 Å². The second-order valence-corrected chi connectivity index (χ2v) is 7.67. The maximum absolute atomic E-state index is 12.3. The average Bonchev–Trinajstić information content (AvgIpc) is 3.24. The predicted octanol–water partition coefficient (Wildman–Crippen LogP) is 2.83. The van der Waals surface area contributed by atoms with Crippen LogP contribution in [0.1, 0.15) is 18.7 Å². The van der Waals surface area contributed by atoms with E-state index in [2.05, 4.69) is 4.98 Å². The third-order valence-electron chi connectivity index (χ3n) is 4.53. The molecule has 138 valence electrons. The summed E-state index contributed by atoms with van der Waals surface area (Å²) >= 11 is 1.63. The van der Waals surface area contributed by atoms with Crippen LogP contribution in [-0.2, 0) is 9.59 Å². The van der Waals surface area contributed by atoms with Crippen molar-refractivity contribution in [3.63, 3.8) is 0 Å². The van der Waals surface area contributed by atoms with Crippen LogP contribution in [0.3, 0.4) is 0 Å². The minimum atomic E-state index is -0.0976. The van der Waals surface area contributed by atoms with Gasteiger partial charge in [0.25, 0.3) is 0 Å². The van der Waals surface area contributed by atoms with Crippen LogP contribution in [0.25, 0.3) is 21.8 Å². The van der Waals surface area contributed by atoms with E-state index in [0.717, 1.165) is 21.8 Å². The summed E-state index contributed by atoms with van der Waals surface area (Å²) in [5.41, 5.74) is 2.44. The Morgan fingerprint density at radius 3 is 2.37 bits per heavy atom. The molecular weight excluding hydrogens is 362 g/mol. The number of carbonyl (C=O) groups excluding carboxylic acids is 2. The molecule has 0 radical (unpaired) electrons. The molecule has 0 saturated carbocycles. The maximum Gasteiger partial charge on any atom is 0.238 e. The number of fused-ring (bicyclic) bond motifs is 1. The number of rotatable bonds is 2. The molecule has 0 spiro atoms. The lowest BCUT2D eigenvalue weighted by molar-refractivity contribution is -0.119. The van der Waals surface area contributed by atoms with Gasteiger partial charge in [-0.05, 0) is 31.2 Å². The predicted molar refractivity (Wildman–Crippen MR) is 105 cm³/mol. The number of amides is 2. The van der Waals surface area contributed by atoms with Crippen molar-refractivity contribution in [1.82, 2.24) is 14.6 Å². The normalized spacial score (nSPS) is 13.6. The van der Waals surface area contributed by atoms with Crippen molar-refractivity contribution < 1.29 is 9.59 Å². The van der Waals surface area contributed by atoms with Gasteiger partial charge in [-0.15, -0.1) is 11.3 Å². The molecule has 0 N–H and O–H groups in total. The van der Waals surface area contributed by atoms with Crippen molar-refractivity contribution >= 4 is 29.1 Å². The standard InChI is InChI=1S/C19H19N5O2S/c1-12-4-5-16(27-12)17-18(15-6-8-20-9-7-15)24-19(21-17)22(13(2)25)10-11-23(24)14(3)26/h4-9H,10-11H2,1-3H3. The molecule has 4 heterocycles. The summed E-state index contributed by atoms with van der Waals surface area (Å²) in [4.78, 5) is 37.2. The average molecular weight is 381 g/mol. The molecule has 0 aliphatic carbocycles. The maximum atomic E-state index is 12.3. The van der Waals surface area contributed by atoms with E-state index in [-0.39, 0.29) is 11.8 Å². The Kier molecular flexibility index (Phi) is 4.27. The first-order chi connectivity index (χ1) is 13.0. The van der Waals surface area contributed by atoms with Gasteiger partial charge < -0.3 is 0 Å². The fourth-order valence-corrected chi connectivity index (χ4v) is 4.16. The molecule has 1 aliphatic rings. The molecule has 3 aromatic heterocycles. The van der Waals surface area contributed by atoms with Crippen LogP contribution in [0, 0.1) is 6.92 Å². The van der Waals surface area contributed by atoms with E-state index < -0.39 is 0 Å². The zero-order chi connectivity index (χ0) is 19.1. The fraction of sp³-hybridized carbons (Fsp3) is 0.263. The number of aryl methyl sites for hydroxylation is 1. The molecule has 0 saturated heterocycles. The Labute approximate surface area is 160 Å². The van der Waals surface area contributed by atoms with Crippen LogP contribution >= 0.6 is 11.3 Å². The van der Waals surface area contributed by atoms with Crippen LogP contribution in [0.4, 0.5) is 5.95 Å². The number of imidazole rings is 1. The Morgan fingerprint density at radius 1 is 1.04 bits per heavy atom. The van der Waals surface area contributed by atoms with Crippen molar-refractivity contribution in [2.75, 3.05) is 23.0 Å². The lowest BCUT2D eigenvalue weighted by Crippen LogP contribution is -2.52. The summed E-state index contributed by atoms with van der Waals surface area (Å²) in [7, 11) is 0. The Bertz CT molecular complexity index is 1020. The molecule has 3 aromatic rings. The van der Waals surface area contributed by atoms with Gasteiger partial charge in [0.15, 0.2) is 0 Å². The number of anilines is 1. The van der Waals surface area contributed by atoms with Crippen molar-refractivity contribution in [1.29, 1.82) is 0 Å². The summed E-state index contributed by atoms with van der Waals surface area (Å²) in [6, 6.07) is 7.84. The Balaban J connectivity index is 2.05. The molecule has 27 heavy (non-hydrogen) atoms. The highest BCUT2D eigenvalue weighted by Gasteiger charge is 2.34. The van der Waals surface area contributed by atoms with E-state index in [9.17, 15) is 9.59 Å². The van der Waals surface area contributed by atoms with Gasteiger partial charge in [0, 0.05) is 43.2 Å². The molecule has 0 unspecified atom stereocenters. The first-order valence-corrected chi connectivity index (χ1v) is 9.45. The molecule has 8 heteroatoms. The molecule has 1 aliphatic heterocycles. The topological polar surface area (TPSA) is 71.3 Å². The summed E-state index contributed by atoms with van der Waals surface area (Å²) in [6.45, 7) is 5.92. The summed E-state index contributed by atoms with van der Waals surface area (Å²) in [5.74, 6) is 0.275. The van der Waals surface area contributed by atoms with Crippen molar-refractivity contribution in [3.8, 4) is 21.8 Å². The van der Waals surface area contributed by atoms with Gasteiger partial charge in [0.1, 0.15) is 11.4 Å². The molecular formula is C19H19N5O2S. The molecule has 0 fully saturated rings. The summed E-state index contributed by atoms with van der Waals surface area (Å²) in [6.07, 6.45) is 3.42. The zero-order valence-electron chi connectivity index (χ0n) is 15.3. The second kappa shape index (κ2) is 6.62. The van der Waals surface area contributed by atoms with Gasteiger partial charge in [0.05, 0.1) is 11.4 Å². The minimum absolute atomic E-state index is 0.0962.